The summed E-state index contributed by atoms with van der Waals surface area (Å²) < 4.78 is 1.49. The van der Waals surface area contributed by atoms with Crippen molar-refractivity contribution in [1.82, 2.24) is 4.57 Å². The van der Waals surface area contributed by atoms with Crippen LogP contribution >= 0.6 is 11.8 Å². The molecule has 0 saturated carbocycles. The number of benzene rings is 2. The van der Waals surface area contributed by atoms with Gasteiger partial charge in [0.05, 0.1) is 10.6 Å². The molecule has 0 fully saturated rings. The predicted molar refractivity (Wildman–Crippen MR) is 108 cm³/mol. The predicted octanol–water partition coefficient (Wildman–Crippen LogP) is 4.15. The lowest BCUT2D eigenvalue weighted by Gasteiger charge is -2.19. The summed E-state index contributed by atoms with van der Waals surface area (Å²) in [4.78, 5) is 25.0. The summed E-state index contributed by atoms with van der Waals surface area (Å²) in [5.74, 6) is -0.582. The smallest absolute Gasteiger partial charge is 0.327 e. The topological polar surface area (TPSA) is 59.3 Å². The Morgan fingerprint density at radius 1 is 1.11 bits per heavy atom. The number of carboxylic acids is 1. The van der Waals surface area contributed by atoms with Crippen LogP contribution in [-0.4, -0.2) is 21.4 Å². The zero-order valence-corrected chi connectivity index (χ0v) is 15.7. The third-order valence-corrected chi connectivity index (χ3v) is 6.20. The van der Waals surface area contributed by atoms with Gasteiger partial charge in [-0.15, -0.1) is 11.8 Å². The Kier molecular flexibility index (Phi) is 4.62. The summed E-state index contributed by atoms with van der Waals surface area (Å²) in [6.07, 6.45) is 0.668. The summed E-state index contributed by atoms with van der Waals surface area (Å²) in [6, 6.07) is 18.7. The Morgan fingerprint density at radius 3 is 2.37 bits per heavy atom. The molecule has 3 aromatic rings. The second-order valence-electron chi connectivity index (χ2n) is 6.65. The quantitative estimate of drug-likeness (QED) is 0.742. The van der Waals surface area contributed by atoms with Crippen LogP contribution in [0.3, 0.4) is 0 Å². The fraction of sp³-hybridized carbons (Fsp3) is 0.182. The van der Waals surface area contributed by atoms with E-state index in [1.54, 1.807) is 0 Å². The first-order chi connectivity index (χ1) is 13.1. The Morgan fingerprint density at radius 2 is 1.74 bits per heavy atom. The standard InChI is InChI=1S/C22H19NO3S/c1-14-17(12-15-8-4-2-5-9-15)21-23(18(13-27-21)22(25)26)20(24)19(14)16-10-6-3-7-11-16/h2-11,18H,12-13H2,1H3,(H,25,26). The van der Waals surface area contributed by atoms with Crippen molar-refractivity contribution in [3.8, 4) is 11.1 Å². The van der Waals surface area contributed by atoms with Gasteiger partial charge < -0.3 is 5.11 Å². The van der Waals surface area contributed by atoms with Crippen LogP contribution in [-0.2, 0) is 11.2 Å². The minimum absolute atomic E-state index is 0.220. The fourth-order valence-corrected chi connectivity index (χ4v) is 4.99. The van der Waals surface area contributed by atoms with Crippen molar-refractivity contribution in [3.63, 3.8) is 0 Å². The third kappa shape index (κ3) is 3.08. The van der Waals surface area contributed by atoms with E-state index in [-0.39, 0.29) is 5.56 Å². The van der Waals surface area contributed by atoms with Gasteiger partial charge in [-0.2, -0.15) is 0 Å². The molecule has 136 valence electrons. The highest BCUT2D eigenvalue weighted by atomic mass is 32.2. The van der Waals surface area contributed by atoms with Crippen LogP contribution in [0.1, 0.15) is 22.7 Å². The van der Waals surface area contributed by atoms with Gasteiger partial charge in [0.15, 0.2) is 0 Å². The van der Waals surface area contributed by atoms with Gasteiger partial charge in [0.2, 0.25) is 0 Å². The van der Waals surface area contributed by atoms with E-state index in [1.165, 1.54) is 16.3 Å². The molecule has 0 spiro atoms. The molecule has 4 nitrogen and oxygen atoms in total. The first-order valence-electron chi connectivity index (χ1n) is 8.81. The Hall–Kier alpha value is -2.79. The van der Waals surface area contributed by atoms with Crippen molar-refractivity contribution in [2.45, 2.75) is 24.4 Å². The zero-order chi connectivity index (χ0) is 19.0. The maximum absolute atomic E-state index is 13.3. The normalized spacial score (nSPS) is 15.5. The Labute approximate surface area is 161 Å². The SMILES string of the molecule is Cc1c(Cc2ccccc2)c2n(c(=O)c1-c1ccccc1)C(C(=O)O)CS2. The third-order valence-electron chi connectivity index (χ3n) is 5.00. The molecule has 0 aliphatic carbocycles. The molecule has 1 aliphatic rings. The van der Waals surface area contributed by atoms with Crippen molar-refractivity contribution in [2.24, 2.45) is 0 Å². The summed E-state index contributed by atoms with van der Waals surface area (Å²) >= 11 is 1.46. The van der Waals surface area contributed by atoms with Crippen molar-refractivity contribution in [2.75, 3.05) is 5.75 Å². The summed E-state index contributed by atoms with van der Waals surface area (Å²) in [5.41, 5.74) is 4.31. The highest BCUT2D eigenvalue weighted by molar-refractivity contribution is 7.99. The number of pyridine rings is 1. The Bertz CT molecular complexity index is 1060. The van der Waals surface area contributed by atoms with E-state index in [4.69, 9.17) is 0 Å². The van der Waals surface area contributed by atoms with Gasteiger partial charge in [0.25, 0.3) is 5.56 Å². The summed E-state index contributed by atoms with van der Waals surface area (Å²) in [5, 5.41) is 10.4. The minimum Gasteiger partial charge on any atom is -0.480 e. The highest BCUT2D eigenvalue weighted by Gasteiger charge is 2.34. The number of hydrogen-bond donors (Lipinski definition) is 1. The lowest BCUT2D eigenvalue weighted by atomic mass is 9.95. The van der Waals surface area contributed by atoms with Crippen LogP contribution in [0.4, 0.5) is 0 Å². The molecule has 1 unspecified atom stereocenters. The van der Waals surface area contributed by atoms with Crippen LogP contribution in [0.25, 0.3) is 11.1 Å². The number of fused-ring (bicyclic) bond motifs is 1. The van der Waals surface area contributed by atoms with Crippen LogP contribution < -0.4 is 5.56 Å². The molecule has 1 aliphatic heterocycles. The second kappa shape index (κ2) is 7.08. The van der Waals surface area contributed by atoms with Crippen molar-refractivity contribution in [1.29, 1.82) is 0 Å². The first kappa shape index (κ1) is 17.6. The summed E-state index contributed by atoms with van der Waals surface area (Å²) in [6.45, 7) is 1.97. The van der Waals surface area contributed by atoms with E-state index in [0.29, 0.717) is 17.7 Å². The molecule has 4 rings (SSSR count). The van der Waals surface area contributed by atoms with E-state index in [0.717, 1.165) is 27.3 Å². The number of aromatic nitrogens is 1. The molecule has 2 aromatic carbocycles. The Balaban J connectivity index is 1.99. The van der Waals surface area contributed by atoms with Gasteiger partial charge in [-0.1, -0.05) is 60.7 Å². The van der Waals surface area contributed by atoms with E-state index in [2.05, 4.69) is 12.1 Å². The maximum atomic E-state index is 13.3. The lowest BCUT2D eigenvalue weighted by molar-refractivity contribution is -0.140. The largest absolute Gasteiger partial charge is 0.480 e. The maximum Gasteiger partial charge on any atom is 0.327 e. The number of nitrogens with zero attached hydrogens (tertiary/aromatic N) is 1. The fourth-order valence-electron chi connectivity index (χ4n) is 3.64. The van der Waals surface area contributed by atoms with Crippen molar-refractivity contribution >= 4 is 17.7 Å². The molecule has 1 aromatic heterocycles. The second-order valence-corrected chi connectivity index (χ2v) is 7.66. The lowest BCUT2D eigenvalue weighted by Crippen LogP contribution is -2.31. The van der Waals surface area contributed by atoms with Gasteiger partial charge in [-0.05, 0) is 29.2 Å². The molecular formula is C22H19NO3S. The van der Waals surface area contributed by atoms with Gasteiger partial charge in [0.1, 0.15) is 6.04 Å². The molecule has 0 bridgehead atoms. The summed E-state index contributed by atoms with van der Waals surface area (Å²) in [7, 11) is 0. The number of aliphatic carboxylic acids is 1. The van der Waals surface area contributed by atoms with Crippen LogP contribution in [0.15, 0.2) is 70.5 Å². The molecule has 5 heteroatoms. The van der Waals surface area contributed by atoms with Crippen LogP contribution in [0.5, 0.6) is 0 Å². The van der Waals surface area contributed by atoms with Crippen molar-refractivity contribution in [3.05, 3.63) is 87.7 Å². The first-order valence-corrected chi connectivity index (χ1v) is 9.79. The van der Waals surface area contributed by atoms with Crippen LogP contribution in [0.2, 0.25) is 0 Å². The van der Waals surface area contributed by atoms with E-state index < -0.39 is 12.0 Å². The van der Waals surface area contributed by atoms with Crippen LogP contribution in [0, 0.1) is 6.92 Å². The van der Waals surface area contributed by atoms with Crippen molar-refractivity contribution < 1.29 is 9.90 Å². The van der Waals surface area contributed by atoms with E-state index in [9.17, 15) is 14.7 Å². The van der Waals surface area contributed by atoms with Gasteiger partial charge in [-0.25, -0.2) is 4.79 Å². The number of thioether (sulfide) groups is 1. The number of carboxylic acid groups (broad SMARTS) is 1. The average molecular weight is 377 g/mol. The molecule has 1 atom stereocenters. The zero-order valence-electron chi connectivity index (χ0n) is 14.9. The number of rotatable bonds is 4. The monoisotopic (exact) mass is 377 g/mol. The van der Waals surface area contributed by atoms with E-state index >= 15 is 0 Å². The molecule has 0 saturated heterocycles. The minimum atomic E-state index is -0.961. The van der Waals surface area contributed by atoms with E-state index in [1.807, 2.05) is 55.5 Å². The average Bonchev–Trinajstić information content (AvgIpc) is 3.13. The molecule has 2 heterocycles. The number of carbonyl (C=O) groups is 1. The number of hydrogen-bond acceptors (Lipinski definition) is 3. The molecule has 1 N–H and O–H groups in total. The van der Waals surface area contributed by atoms with Gasteiger partial charge in [0, 0.05) is 12.2 Å². The van der Waals surface area contributed by atoms with Gasteiger partial charge in [-0.3, -0.25) is 9.36 Å². The molecule has 0 radical (unpaired) electrons. The highest BCUT2D eigenvalue weighted by Crippen LogP contribution is 2.39. The van der Waals surface area contributed by atoms with Gasteiger partial charge >= 0.3 is 5.97 Å². The molecular weight excluding hydrogens is 358 g/mol. The molecule has 0 amide bonds. The molecule has 27 heavy (non-hydrogen) atoms.